The Balaban J connectivity index is 2.36. The predicted molar refractivity (Wildman–Crippen MR) is 73.0 cm³/mol. The maximum atomic E-state index is 14.2. The number of anilines is 1. The number of halogens is 1. The van der Waals surface area contributed by atoms with E-state index >= 15 is 0 Å². The highest BCUT2D eigenvalue weighted by molar-refractivity contribution is 5.81. The Morgan fingerprint density at radius 1 is 1.43 bits per heavy atom. The minimum Gasteiger partial charge on any atom is -0.465 e. The number of hydrogen-bond acceptors (Lipinski definition) is 4. The molecular weight excluding hydrogens is 277 g/mol. The molecule has 21 heavy (non-hydrogen) atoms. The maximum Gasteiger partial charge on any atom is 0.410 e. The topological polar surface area (TPSA) is 92.2 Å². The number of rotatable bonds is 4. The number of carbonyl (C=O) groups excluding carboxylic acids is 1. The highest BCUT2D eigenvalue weighted by atomic mass is 19.1. The van der Waals surface area contributed by atoms with Gasteiger partial charge in [-0.05, 0) is 29.7 Å². The summed E-state index contributed by atoms with van der Waals surface area (Å²) in [4.78, 5) is 29.0. The van der Waals surface area contributed by atoms with Crippen LogP contribution in [0.3, 0.4) is 0 Å². The summed E-state index contributed by atoms with van der Waals surface area (Å²) in [7, 11) is 0. The molecule has 1 amide bonds. The molecule has 0 atom stereocenters. The van der Waals surface area contributed by atoms with Crippen molar-refractivity contribution in [3.63, 3.8) is 0 Å². The second kappa shape index (κ2) is 6.08. The smallest absolute Gasteiger partial charge is 0.410 e. The summed E-state index contributed by atoms with van der Waals surface area (Å²) in [5, 5.41) is 10.5. The van der Waals surface area contributed by atoms with E-state index in [2.05, 4.69) is 9.97 Å². The van der Waals surface area contributed by atoms with Gasteiger partial charge < -0.3 is 5.11 Å². The molecule has 0 spiro atoms. The number of hydrogen-bond donors (Lipinski definition) is 2. The van der Waals surface area contributed by atoms with Gasteiger partial charge in [-0.1, -0.05) is 0 Å². The molecule has 0 bridgehead atoms. The van der Waals surface area contributed by atoms with Crippen LogP contribution >= 0.6 is 0 Å². The molecule has 108 valence electrons. The van der Waals surface area contributed by atoms with E-state index in [1.807, 2.05) is 5.32 Å². The van der Waals surface area contributed by atoms with E-state index in [1.165, 1.54) is 18.5 Å². The second-order valence-electron chi connectivity index (χ2n) is 4.37. The molecule has 0 saturated carbocycles. The number of carbonyl (C=O) groups is 2. The fourth-order valence-corrected chi connectivity index (χ4v) is 1.90. The maximum absolute atomic E-state index is 14.2. The Bertz CT molecular complexity index is 704. The molecule has 2 aromatic heterocycles. The first-order valence-electron chi connectivity index (χ1n) is 6.05. The second-order valence-corrected chi connectivity index (χ2v) is 4.37. The van der Waals surface area contributed by atoms with E-state index in [0.29, 0.717) is 23.0 Å². The molecule has 0 aliphatic heterocycles. The third-order valence-corrected chi connectivity index (χ3v) is 3.06. The van der Waals surface area contributed by atoms with Gasteiger partial charge in [0.25, 0.3) is 0 Å². The highest BCUT2D eigenvalue weighted by Crippen LogP contribution is 2.20. The first kappa shape index (κ1) is 14.6. The zero-order valence-corrected chi connectivity index (χ0v) is 11.1. The van der Waals surface area contributed by atoms with Crippen LogP contribution in [0.2, 0.25) is 0 Å². The quantitative estimate of drug-likeness (QED) is 0.843. The van der Waals surface area contributed by atoms with E-state index in [1.54, 1.807) is 13.1 Å². The molecule has 0 saturated heterocycles. The summed E-state index contributed by atoms with van der Waals surface area (Å²) in [6, 6.07) is 1.45. The molecule has 2 heterocycles. The molecule has 0 aliphatic carbocycles. The zero-order valence-electron chi connectivity index (χ0n) is 11.1. The van der Waals surface area contributed by atoms with Gasteiger partial charge in [-0.3, -0.25) is 15.1 Å². The SMILES string of the molecule is Cc1c(C=O)cncc1Cc1ccnc(NC(=O)O)c1F. The van der Waals surface area contributed by atoms with Crippen LogP contribution in [0, 0.1) is 12.7 Å². The van der Waals surface area contributed by atoms with Gasteiger partial charge in [0.05, 0.1) is 0 Å². The number of nitrogens with zero attached hydrogens (tertiary/aromatic N) is 2. The van der Waals surface area contributed by atoms with Crippen LogP contribution in [0.5, 0.6) is 0 Å². The third kappa shape index (κ3) is 3.19. The Hall–Kier alpha value is -2.83. The lowest BCUT2D eigenvalue weighted by atomic mass is 10.00. The summed E-state index contributed by atoms with van der Waals surface area (Å²) < 4.78 is 14.2. The van der Waals surface area contributed by atoms with Crippen LogP contribution in [0.1, 0.15) is 27.0 Å². The van der Waals surface area contributed by atoms with Crippen LogP contribution < -0.4 is 5.32 Å². The molecule has 7 heteroatoms. The van der Waals surface area contributed by atoms with Gasteiger partial charge in [-0.2, -0.15) is 0 Å². The van der Waals surface area contributed by atoms with Gasteiger partial charge >= 0.3 is 6.09 Å². The molecule has 0 unspecified atom stereocenters. The molecule has 2 N–H and O–H groups in total. The number of pyridine rings is 2. The molecule has 0 aliphatic rings. The molecule has 2 aromatic rings. The van der Waals surface area contributed by atoms with Crippen molar-refractivity contribution in [2.24, 2.45) is 0 Å². The van der Waals surface area contributed by atoms with Gasteiger partial charge in [0.15, 0.2) is 17.9 Å². The number of aldehydes is 1. The van der Waals surface area contributed by atoms with Crippen LogP contribution in [0.25, 0.3) is 0 Å². The van der Waals surface area contributed by atoms with Gasteiger partial charge in [0.1, 0.15) is 0 Å². The third-order valence-electron chi connectivity index (χ3n) is 3.06. The van der Waals surface area contributed by atoms with Gasteiger partial charge in [0.2, 0.25) is 0 Å². The molecule has 0 radical (unpaired) electrons. The first-order valence-corrected chi connectivity index (χ1v) is 6.05. The van der Waals surface area contributed by atoms with Gasteiger partial charge in [-0.15, -0.1) is 0 Å². The standard InChI is InChI=1S/C14H12FN3O3/c1-8-10(5-16-6-11(8)7-19)4-9-2-3-17-13(12(9)15)18-14(20)21/h2-3,5-7H,4H2,1H3,(H,17,18)(H,20,21). The summed E-state index contributed by atoms with van der Waals surface area (Å²) in [6.07, 6.45) is 3.78. The monoisotopic (exact) mass is 289 g/mol. The first-order chi connectivity index (χ1) is 10.0. The number of amides is 1. The van der Waals surface area contributed by atoms with E-state index in [0.717, 1.165) is 0 Å². The summed E-state index contributed by atoms with van der Waals surface area (Å²) in [5.74, 6) is -1.09. The van der Waals surface area contributed by atoms with Crippen molar-refractivity contribution in [1.29, 1.82) is 0 Å². The fourth-order valence-electron chi connectivity index (χ4n) is 1.90. The normalized spacial score (nSPS) is 10.2. The lowest BCUT2D eigenvalue weighted by molar-refractivity contribution is 0.112. The van der Waals surface area contributed by atoms with Crippen molar-refractivity contribution < 1.29 is 19.1 Å². The minimum atomic E-state index is -1.39. The predicted octanol–water partition coefficient (Wildman–Crippen LogP) is 2.42. The Labute approximate surface area is 119 Å². The van der Waals surface area contributed by atoms with E-state index in [4.69, 9.17) is 5.11 Å². The Morgan fingerprint density at radius 3 is 2.86 bits per heavy atom. The van der Waals surface area contributed by atoms with Crippen molar-refractivity contribution in [3.8, 4) is 0 Å². The van der Waals surface area contributed by atoms with Crippen molar-refractivity contribution >= 4 is 18.2 Å². The van der Waals surface area contributed by atoms with Crippen molar-refractivity contribution in [2.75, 3.05) is 5.32 Å². The average molecular weight is 289 g/mol. The molecular formula is C14H12FN3O3. The molecule has 0 fully saturated rings. The summed E-state index contributed by atoms with van der Waals surface area (Å²) in [6.45, 7) is 1.75. The Morgan fingerprint density at radius 2 is 2.19 bits per heavy atom. The van der Waals surface area contributed by atoms with E-state index in [9.17, 15) is 14.0 Å². The van der Waals surface area contributed by atoms with Crippen molar-refractivity contribution in [1.82, 2.24) is 9.97 Å². The number of aromatic nitrogens is 2. The van der Waals surface area contributed by atoms with Crippen molar-refractivity contribution in [2.45, 2.75) is 13.3 Å². The Kier molecular flexibility index (Phi) is 4.22. The lowest BCUT2D eigenvalue weighted by Gasteiger charge is -2.10. The van der Waals surface area contributed by atoms with E-state index in [-0.39, 0.29) is 17.8 Å². The van der Waals surface area contributed by atoms with Gasteiger partial charge in [0, 0.05) is 30.6 Å². The van der Waals surface area contributed by atoms with E-state index < -0.39 is 11.9 Å². The van der Waals surface area contributed by atoms with Crippen LogP contribution in [0.15, 0.2) is 24.7 Å². The van der Waals surface area contributed by atoms with Crippen LogP contribution in [0.4, 0.5) is 15.0 Å². The zero-order chi connectivity index (χ0) is 15.4. The highest BCUT2D eigenvalue weighted by Gasteiger charge is 2.13. The average Bonchev–Trinajstić information content (AvgIpc) is 2.45. The fraction of sp³-hybridized carbons (Fsp3) is 0.143. The summed E-state index contributed by atoms with van der Waals surface area (Å²) >= 11 is 0. The van der Waals surface area contributed by atoms with Crippen molar-refractivity contribution in [3.05, 3.63) is 52.7 Å². The minimum absolute atomic E-state index is 0.184. The molecule has 0 aromatic carbocycles. The van der Waals surface area contributed by atoms with Gasteiger partial charge in [-0.25, -0.2) is 14.2 Å². The largest absolute Gasteiger partial charge is 0.465 e. The lowest BCUT2D eigenvalue weighted by Crippen LogP contribution is -2.11. The van der Waals surface area contributed by atoms with Crippen LogP contribution in [-0.4, -0.2) is 27.5 Å². The molecule has 6 nitrogen and oxygen atoms in total. The molecule has 2 rings (SSSR count). The summed E-state index contributed by atoms with van der Waals surface area (Å²) in [5.41, 5.74) is 2.10. The van der Waals surface area contributed by atoms with Crippen LogP contribution in [-0.2, 0) is 6.42 Å². The number of carboxylic acid groups (broad SMARTS) is 1. The number of nitrogens with one attached hydrogen (secondary N) is 1.